The van der Waals surface area contributed by atoms with E-state index in [1.54, 1.807) is 7.05 Å². The highest BCUT2D eigenvalue weighted by Crippen LogP contribution is 2.22. The topological polar surface area (TPSA) is 68.4 Å². The third-order valence-electron chi connectivity index (χ3n) is 5.30. The minimum atomic E-state index is -0.607. The van der Waals surface area contributed by atoms with Crippen molar-refractivity contribution in [3.8, 4) is 0 Å². The first-order valence-corrected chi connectivity index (χ1v) is 10.4. The van der Waals surface area contributed by atoms with E-state index in [4.69, 9.17) is 23.8 Å². The Balaban J connectivity index is 1.43. The molecule has 154 valence electrons. The molecule has 0 spiro atoms. The van der Waals surface area contributed by atoms with Crippen molar-refractivity contribution < 1.29 is 9.59 Å². The zero-order valence-corrected chi connectivity index (χ0v) is 18.0. The van der Waals surface area contributed by atoms with Crippen LogP contribution in [0.4, 0.5) is 5.69 Å². The molecule has 2 heterocycles. The third kappa shape index (κ3) is 4.17. The summed E-state index contributed by atoms with van der Waals surface area (Å²) < 4.78 is 0. The predicted octanol–water partition coefficient (Wildman–Crippen LogP) is 3.82. The van der Waals surface area contributed by atoms with Crippen molar-refractivity contribution in [3.63, 3.8) is 0 Å². The van der Waals surface area contributed by atoms with Gasteiger partial charge in [0.1, 0.15) is 6.04 Å². The number of carbonyl (C=O) groups is 2. The van der Waals surface area contributed by atoms with Gasteiger partial charge in [-0.2, -0.15) is 0 Å². The van der Waals surface area contributed by atoms with Gasteiger partial charge in [0.15, 0.2) is 5.11 Å². The smallest absolute Gasteiger partial charge is 0.251 e. The zero-order valence-electron chi connectivity index (χ0n) is 16.4. The van der Waals surface area contributed by atoms with Crippen LogP contribution < -0.4 is 5.32 Å². The summed E-state index contributed by atoms with van der Waals surface area (Å²) in [6.45, 7) is 0.545. The second-order valence-corrected chi connectivity index (χ2v) is 8.10. The Morgan fingerprint density at radius 3 is 2.73 bits per heavy atom. The number of aromatic amines is 1. The fourth-order valence-electron chi connectivity index (χ4n) is 3.64. The molecule has 30 heavy (non-hydrogen) atoms. The first kappa shape index (κ1) is 20.4. The largest absolute Gasteiger partial charge is 0.361 e. The molecular formula is C22H21ClN4O2S. The van der Waals surface area contributed by atoms with E-state index in [0.29, 0.717) is 28.8 Å². The molecule has 6 nitrogen and oxygen atoms in total. The van der Waals surface area contributed by atoms with Crippen molar-refractivity contribution in [2.24, 2.45) is 0 Å². The minimum absolute atomic E-state index is 0.0344. The number of benzene rings is 2. The maximum atomic E-state index is 12.7. The van der Waals surface area contributed by atoms with Gasteiger partial charge in [-0.15, -0.1) is 0 Å². The second kappa shape index (κ2) is 8.45. The number of carbonyl (C=O) groups excluding carboxylic acids is 2. The minimum Gasteiger partial charge on any atom is -0.361 e. The van der Waals surface area contributed by atoms with Crippen molar-refractivity contribution in [3.05, 3.63) is 65.3 Å². The van der Waals surface area contributed by atoms with E-state index in [-0.39, 0.29) is 18.2 Å². The summed E-state index contributed by atoms with van der Waals surface area (Å²) >= 11 is 11.4. The maximum absolute atomic E-state index is 12.7. The number of thiocarbonyl (C=S) groups is 1. The van der Waals surface area contributed by atoms with E-state index in [1.807, 2.05) is 59.6 Å². The van der Waals surface area contributed by atoms with E-state index in [2.05, 4.69) is 10.3 Å². The molecule has 0 radical (unpaired) electrons. The SMILES string of the molecule is CN1C(=O)C(CC(=O)Nc2ccc3cc[nH]c3c2)N(CCc2ccc(Cl)cc2)C1=S. The van der Waals surface area contributed by atoms with E-state index < -0.39 is 6.04 Å². The highest BCUT2D eigenvalue weighted by atomic mass is 35.5. The van der Waals surface area contributed by atoms with Crippen LogP contribution in [0.15, 0.2) is 54.7 Å². The predicted molar refractivity (Wildman–Crippen MR) is 123 cm³/mol. The summed E-state index contributed by atoms with van der Waals surface area (Å²) in [6.07, 6.45) is 2.58. The van der Waals surface area contributed by atoms with Crippen LogP contribution in [0.1, 0.15) is 12.0 Å². The number of anilines is 1. The summed E-state index contributed by atoms with van der Waals surface area (Å²) in [5, 5.41) is 5.08. The van der Waals surface area contributed by atoms with Crippen LogP contribution in [-0.2, 0) is 16.0 Å². The van der Waals surface area contributed by atoms with Gasteiger partial charge in [0.05, 0.1) is 6.42 Å². The fourth-order valence-corrected chi connectivity index (χ4v) is 4.07. The van der Waals surface area contributed by atoms with Crippen molar-refractivity contribution in [1.82, 2.24) is 14.8 Å². The van der Waals surface area contributed by atoms with Gasteiger partial charge in [-0.25, -0.2) is 0 Å². The number of nitrogens with one attached hydrogen (secondary N) is 2. The van der Waals surface area contributed by atoms with Gasteiger partial charge in [0.2, 0.25) is 5.91 Å². The van der Waals surface area contributed by atoms with Gasteiger partial charge < -0.3 is 15.2 Å². The Bertz CT molecular complexity index is 1110. The standard InChI is InChI=1S/C22H21ClN4O2S/c1-26-21(29)19(27(22(26)30)11-9-14-2-5-16(23)6-3-14)13-20(28)25-17-7-4-15-8-10-24-18(15)12-17/h2-8,10,12,19,24H,9,11,13H2,1H3,(H,25,28). The first-order valence-electron chi connectivity index (χ1n) is 9.62. The molecule has 1 atom stereocenters. The van der Waals surface area contributed by atoms with Crippen LogP contribution in [0.2, 0.25) is 5.02 Å². The number of fused-ring (bicyclic) bond motifs is 1. The van der Waals surface area contributed by atoms with Crippen LogP contribution in [-0.4, -0.2) is 51.3 Å². The summed E-state index contributed by atoms with van der Waals surface area (Å²) in [5.74, 6) is -0.389. The molecule has 1 saturated heterocycles. The van der Waals surface area contributed by atoms with Gasteiger partial charge >= 0.3 is 0 Å². The van der Waals surface area contributed by atoms with Crippen LogP contribution in [0.3, 0.4) is 0 Å². The number of aromatic nitrogens is 1. The molecule has 1 aliphatic heterocycles. The van der Waals surface area contributed by atoms with Gasteiger partial charge in [0.25, 0.3) is 5.91 Å². The van der Waals surface area contributed by atoms with E-state index >= 15 is 0 Å². The monoisotopic (exact) mass is 440 g/mol. The summed E-state index contributed by atoms with van der Waals surface area (Å²) in [7, 11) is 1.65. The summed E-state index contributed by atoms with van der Waals surface area (Å²) in [4.78, 5) is 31.8. The van der Waals surface area contributed by atoms with E-state index in [9.17, 15) is 9.59 Å². The third-order valence-corrected chi connectivity index (χ3v) is 6.06. The Morgan fingerprint density at radius 2 is 1.97 bits per heavy atom. The Labute approximate surface area is 184 Å². The molecule has 1 fully saturated rings. The lowest BCUT2D eigenvalue weighted by Crippen LogP contribution is -2.39. The molecule has 3 aromatic rings. The van der Waals surface area contributed by atoms with Gasteiger partial charge in [-0.3, -0.25) is 14.5 Å². The Kier molecular flexibility index (Phi) is 5.74. The average molecular weight is 441 g/mol. The number of H-pyrrole nitrogens is 1. The van der Waals surface area contributed by atoms with Crippen molar-refractivity contribution >= 4 is 57.3 Å². The summed E-state index contributed by atoms with van der Waals surface area (Å²) in [5.41, 5.74) is 2.71. The molecule has 0 saturated carbocycles. The van der Waals surface area contributed by atoms with E-state index in [0.717, 1.165) is 16.5 Å². The lowest BCUT2D eigenvalue weighted by Gasteiger charge is -2.23. The molecular weight excluding hydrogens is 420 g/mol. The molecule has 0 aliphatic carbocycles. The average Bonchev–Trinajstić information content (AvgIpc) is 3.27. The van der Waals surface area contributed by atoms with Crippen molar-refractivity contribution in [2.75, 3.05) is 18.9 Å². The van der Waals surface area contributed by atoms with Crippen LogP contribution in [0.25, 0.3) is 10.9 Å². The lowest BCUT2D eigenvalue weighted by atomic mass is 10.1. The second-order valence-electron chi connectivity index (χ2n) is 7.30. The molecule has 1 unspecified atom stereocenters. The van der Waals surface area contributed by atoms with Gasteiger partial charge in [-0.05, 0) is 59.9 Å². The highest BCUT2D eigenvalue weighted by molar-refractivity contribution is 7.80. The number of likely N-dealkylation sites (N-methyl/N-ethyl adjacent to an activating group) is 1. The van der Waals surface area contributed by atoms with Gasteiger partial charge in [0, 0.05) is 36.0 Å². The maximum Gasteiger partial charge on any atom is 0.251 e. The van der Waals surface area contributed by atoms with E-state index in [1.165, 1.54) is 4.90 Å². The molecule has 1 aliphatic rings. The first-order chi connectivity index (χ1) is 14.4. The lowest BCUT2D eigenvalue weighted by molar-refractivity contribution is -0.130. The quantitative estimate of drug-likeness (QED) is 0.572. The van der Waals surface area contributed by atoms with Crippen LogP contribution in [0.5, 0.6) is 0 Å². The summed E-state index contributed by atoms with van der Waals surface area (Å²) in [6, 6.07) is 14.6. The molecule has 8 heteroatoms. The Hall–Kier alpha value is -2.90. The van der Waals surface area contributed by atoms with Crippen LogP contribution >= 0.6 is 23.8 Å². The molecule has 2 amide bonds. The number of amides is 2. The normalized spacial score (nSPS) is 16.5. The number of rotatable bonds is 6. The zero-order chi connectivity index (χ0) is 21.3. The number of hydrogen-bond donors (Lipinski definition) is 2. The van der Waals surface area contributed by atoms with Gasteiger partial charge in [-0.1, -0.05) is 29.8 Å². The number of halogens is 1. The Morgan fingerprint density at radius 1 is 1.20 bits per heavy atom. The number of hydrogen-bond acceptors (Lipinski definition) is 3. The molecule has 1 aromatic heterocycles. The highest BCUT2D eigenvalue weighted by Gasteiger charge is 2.41. The van der Waals surface area contributed by atoms with Crippen LogP contribution in [0, 0.1) is 0 Å². The molecule has 0 bridgehead atoms. The van der Waals surface area contributed by atoms with Crippen molar-refractivity contribution in [1.29, 1.82) is 0 Å². The fraction of sp³-hybridized carbons (Fsp3) is 0.227. The molecule has 2 aromatic carbocycles. The molecule has 2 N–H and O–H groups in total. The number of nitrogens with zero attached hydrogens (tertiary/aromatic N) is 2. The van der Waals surface area contributed by atoms with Crippen molar-refractivity contribution in [2.45, 2.75) is 18.9 Å². The molecule has 4 rings (SSSR count).